The van der Waals surface area contributed by atoms with E-state index in [1.165, 1.54) is 6.07 Å². The molecule has 1 N–H and O–H groups in total. The zero-order valence-corrected chi connectivity index (χ0v) is 9.43. The second-order valence-corrected chi connectivity index (χ2v) is 3.75. The Morgan fingerprint density at radius 3 is 2.41 bits per heavy atom. The molecule has 0 aromatic heterocycles. The van der Waals surface area contributed by atoms with Crippen molar-refractivity contribution >= 4 is 0 Å². The molecule has 17 heavy (non-hydrogen) atoms. The highest BCUT2D eigenvalue weighted by Gasteiger charge is 2.14. The van der Waals surface area contributed by atoms with Gasteiger partial charge in [-0.3, -0.25) is 0 Å². The van der Waals surface area contributed by atoms with Gasteiger partial charge in [-0.05, 0) is 25.1 Å². The van der Waals surface area contributed by atoms with Crippen molar-refractivity contribution < 1.29 is 14.2 Å². The van der Waals surface area contributed by atoms with Gasteiger partial charge in [0.05, 0.1) is 6.10 Å². The van der Waals surface area contributed by atoms with E-state index in [0.29, 0.717) is 11.3 Å². The third-order valence-electron chi connectivity index (χ3n) is 2.41. The summed E-state index contributed by atoms with van der Waals surface area (Å²) in [6.07, 6.45) is -0.774. The van der Waals surface area contributed by atoms with Crippen molar-refractivity contribution in [2.45, 2.75) is 13.0 Å². The Morgan fingerprint density at radius 1 is 1.06 bits per heavy atom. The van der Waals surface area contributed by atoms with E-state index in [9.17, 15) is 9.50 Å². The van der Waals surface area contributed by atoms with E-state index >= 15 is 0 Å². The molecule has 0 radical (unpaired) electrons. The molecule has 0 spiro atoms. The average Bonchev–Trinajstić information content (AvgIpc) is 2.33. The molecule has 0 aliphatic rings. The van der Waals surface area contributed by atoms with Crippen molar-refractivity contribution in [2.75, 3.05) is 0 Å². The van der Waals surface area contributed by atoms with Crippen molar-refractivity contribution in [2.24, 2.45) is 0 Å². The monoisotopic (exact) mass is 232 g/mol. The molecule has 0 aliphatic heterocycles. The fourth-order valence-corrected chi connectivity index (χ4v) is 1.57. The minimum Gasteiger partial charge on any atom is -0.454 e. The smallest absolute Gasteiger partial charge is 0.168 e. The SMILES string of the molecule is CC(O)c1cccc(F)c1Oc1ccccc1. The first-order chi connectivity index (χ1) is 8.18. The summed E-state index contributed by atoms with van der Waals surface area (Å²) >= 11 is 0. The Morgan fingerprint density at radius 2 is 1.76 bits per heavy atom. The highest BCUT2D eigenvalue weighted by Crippen LogP contribution is 2.31. The molecule has 0 saturated carbocycles. The summed E-state index contributed by atoms with van der Waals surface area (Å²) in [5.74, 6) is 0.139. The third kappa shape index (κ3) is 2.63. The van der Waals surface area contributed by atoms with Crippen LogP contribution in [0.2, 0.25) is 0 Å². The van der Waals surface area contributed by atoms with E-state index in [1.54, 1.807) is 43.3 Å². The number of aliphatic hydroxyl groups excluding tert-OH is 1. The molecule has 2 aromatic rings. The molecule has 0 fully saturated rings. The standard InChI is InChI=1S/C14H13FO2/c1-10(16)12-8-5-9-13(15)14(12)17-11-6-3-2-4-7-11/h2-10,16H,1H3. The second kappa shape index (κ2) is 4.97. The Labute approximate surface area is 99.3 Å². The number of aliphatic hydroxyl groups is 1. The molecule has 0 amide bonds. The molecule has 3 heteroatoms. The molecule has 1 atom stereocenters. The van der Waals surface area contributed by atoms with E-state index in [0.717, 1.165) is 0 Å². The summed E-state index contributed by atoms with van der Waals surface area (Å²) in [5.41, 5.74) is 0.439. The minimum absolute atomic E-state index is 0.0775. The van der Waals surface area contributed by atoms with Crippen LogP contribution in [0.3, 0.4) is 0 Å². The van der Waals surface area contributed by atoms with Gasteiger partial charge in [0.15, 0.2) is 11.6 Å². The summed E-state index contributed by atoms with van der Waals surface area (Å²) in [4.78, 5) is 0. The van der Waals surface area contributed by atoms with Crippen LogP contribution in [0.25, 0.3) is 0 Å². The van der Waals surface area contributed by atoms with Gasteiger partial charge in [0.2, 0.25) is 0 Å². The Kier molecular flexibility index (Phi) is 3.40. The summed E-state index contributed by atoms with van der Waals surface area (Å²) in [6, 6.07) is 13.4. The van der Waals surface area contributed by atoms with E-state index in [-0.39, 0.29) is 5.75 Å². The largest absolute Gasteiger partial charge is 0.454 e. The van der Waals surface area contributed by atoms with Crippen LogP contribution in [0, 0.1) is 5.82 Å². The minimum atomic E-state index is -0.774. The van der Waals surface area contributed by atoms with Gasteiger partial charge in [-0.2, -0.15) is 0 Å². The van der Waals surface area contributed by atoms with Crippen molar-refractivity contribution in [3.8, 4) is 11.5 Å². The van der Waals surface area contributed by atoms with Gasteiger partial charge in [0, 0.05) is 5.56 Å². The maximum Gasteiger partial charge on any atom is 0.168 e. The molecule has 0 saturated heterocycles. The molecule has 88 valence electrons. The van der Waals surface area contributed by atoms with Crippen LogP contribution >= 0.6 is 0 Å². The lowest BCUT2D eigenvalue weighted by Gasteiger charge is -2.13. The van der Waals surface area contributed by atoms with E-state index in [4.69, 9.17) is 4.74 Å². The third-order valence-corrected chi connectivity index (χ3v) is 2.41. The highest BCUT2D eigenvalue weighted by molar-refractivity contribution is 5.40. The maximum absolute atomic E-state index is 13.7. The van der Waals surface area contributed by atoms with E-state index in [2.05, 4.69) is 0 Å². The van der Waals surface area contributed by atoms with Crippen LogP contribution in [-0.4, -0.2) is 5.11 Å². The Bertz CT molecular complexity index is 495. The number of rotatable bonds is 3. The normalized spacial score (nSPS) is 12.2. The summed E-state index contributed by atoms with van der Waals surface area (Å²) in [7, 11) is 0. The van der Waals surface area contributed by atoms with Crippen LogP contribution in [0.15, 0.2) is 48.5 Å². The highest BCUT2D eigenvalue weighted by atomic mass is 19.1. The van der Waals surface area contributed by atoms with Crippen LogP contribution in [0.5, 0.6) is 11.5 Å². The van der Waals surface area contributed by atoms with Gasteiger partial charge < -0.3 is 9.84 Å². The van der Waals surface area contributed by atoms with Gasteiger partial charge in [-0.1, -0.05) is 30.3 Å². The maximum atomic E-state index is 13.7. The fraction of sp³-hybridized carbons (Fsp3) is 0.143. The average molecular weight is 232 g/mol. The number of halogens is 1. The van der Waals surface area contributed by atoms with Crippen molar-refractivity contribution in [1.82, 2.24) is 0 Å². The van der Waals surface area contributed by atoms with Crippen molar-refractivity contribution in [1.29, 1.82) is 0 Å². The lowest BCUT2D eigenvalue weighted by molar-refractivity contribution is 0.194. The van der Waals surface area contributed by atoms with Gasteiger partial charge in [-0.15, -0.1) is 0 Å². The number of para-hydroxylation sites is 2. The van der Waals surface area contributed by atoms with Gasteiger partial charge >= 0.3 is 0 Å². The predicted octanol–water partition coefficient (Wildman–Crippen LogP) is 3.67. The lowest BCUT2D eigenvalue weighted by atomic mass is 10.1. The second-order valence-electron chi connectivity index (χ2n) is 3.75. The first-order valence-corrected chi connectivity index (χ1v) is 5.38. The van der Waals surface area contributed by atoms with Crippen LogP contribution < -0.4 is 4.74 Å². The predicted molar refractivity (Wildman–Crippen MR) is 63.5 cm³/mol. The molecule has 0 heterocycles. The first kappa shape index (κ1) is 11.6. The van der Waals surface area contributed by atoms with Crippen LogP contribution in [0.1, 0.15) is 18.6 Å². The number of benzene rings is 2. The summed E-state index contributed by atoms with van der Waals surface area (Å²) in [6.45, 7) is 1.58. The Balaban J connectivity index is 2.38. The molecule has 0 aliphatic carbocycles. The molecular weight excluding hydrogens is 219 g/mol. The molecule has 2 nitrogen and oxygen atoms in total. The number of hydrogen-bond donors (Lipinski definition) is 1. The molecule has 1 unspecified atom stereocenters. The zero-order chi connectivity index (χ0) is 12.3. The molecular formula is C14H13FO2. The van der Waals surface area contributed by atoms with Gasteiger partial charge in [0.1, 0.15) is 5.75 Å². The van der Waals surface area contributed by atoms with Crippen LogP contribution in [0.4, 0.5) is 4.39 Å². The van der Waals surface area contributed by atoms with E-state index < -0.39 is 11.9 Å². The molecule has 2 aromatic carbocycles. The first-order valence-electron chi connectivity index (χ1n) is 5.38. The van der Waals surface area contributed by atoms with E-state index in [1.807, 2.05) is 6.07 Å². The van der Waals surface area contributed by atoms with Gasteiger partial charge in [-0.25, -0.2) is 4.39 Å². The molecule has 2 rings (SSSR count). The van der Waals surface area contributed by atoms with Crippen molar-refractivity contribution in [3.05, 3.63) is 59.9 Å². The lowest BCUT2D eigenvalue weighted by Crippen LogP contribution is -1.98. The quantitative estimate of drug-likeness (QED) is 0.874. The number of hydrogen-bond acceptors (Lipinski definition) is 2. The Hall–Kier alpha value is -1.87. The van der Waals surface area contributed by atoms with Crippen molar-refractivity contribution in [3.63, 3.8) is 0 Å². The summed E-state index contributed by atoms with van der Waals surface area (Å²) in [5, 5.41) is 9.56. The fourth-order valence-electron chi connectivity index (χ4n) is 1.57. The molecule has 0 bridgehead atoms. The van der Waals surface area contributed by atoms with Crippen LogP contribution in [-0.2, 0) is 0 Å². The summed E-state index contributed by atoms with van der Waals surface area (Å²) < 4.78 is 19.1. The zero-order valence-electron chi connectivity index (χ0n) is 9.43. The van der Waals surface area contributed by atoms with Gasteiger partial charge in [0.25, 0.3) is 0 Å². The topological polar surface area (TPSA) is 29.5 Å². The number of ether oxygens (including phenoxy) is 1.